The van der Waals surface area contributed by atoms with Gasteiger partial charge in [0.1, 0.15) is 0 Å². The van der Waals surface area contributed by atoms with Gasteiger partial charge in [-0.1, -0.05) is 20.8 Å². The van der Waals surface area contributed by atoms with E-state index in [0.29, 0.717) is 16.2 Å². The van der Waals surface area contributed by atoms with Crippen molar-refractivity contribution in [3.63, 3.8) is 0 Å². The van der Waals surface area contributed by atoms with Gasteiger partial charge in [-0.15, -0.1) is 23.2 Å². The van der Waals surface area contributed by atoms with E-state index in [1.165, 1.54) is 32.4 Å². The van der Waals surface area contributed by atoms with E-state index in [9.17, 15) is 0 Å². The molecule has 3 saturated heterocycles. The minimum Gasteiger partial charge on any atom is -0.293 e. The lowest BCUT2D eigenvalue weighted by Gasteiger charge is -2.70. The lowest BCUT2D eigenvalue weighted by molar-refractivity contribution is -0.201. The van der Waals surface area contributed by atoms with E-state index < -0.39 is 0 Å². The SMILES string of the molecule is CC12C[C@]3(C)CN(C[C@](C)(C1)C3)C21[C@@H](Cl)[C@@H]1Cl. The summed E-state index contributed by atoms with van der Waals surface area (Å²) >= 11 is 13.1. The van der Waals surface area contributed by atoms with Crippen LogP contribution in [0.3, 0.4) is 0 Å². The van der Waals surface area contributed by atoms with Crippen molar-refractivity contribution < 1.29 is 0 Å². The van der Waals surface area contributed by atoms with Gasteiger partial charge in [0.2, 0.25) is 0 Å². The molecule has 2 unspecified atom stereocenters. The standard InChI is InChI=1S/C14H21Cl2N/c1-11-4-12(2)6-13(3,5-11)14(9(15)10(14)16)17(7-11)8-12/h9-10H,4-8H2,1-3H3/t9-,10-,11-,12+,13?/m0/s1. The number of hydrogen-bond acceptors (Lipinski definition) is 1. The highest BCUT2D eigenvalue weighted by atomic mass is 35.5. The van der Waals surface area contributed by atoms with E-state index in [1.807, 2.05) is 0 Å². The van der Waals surface area contributed by atoms with Crippen molar-refractivity contribution in [3.05, 3.63) is 0 Å². The molecule has 6 atom stereocenters. The molecule has 0 amide bonds. The highest BCUT2D eigenvalue weighted by molar-refractivity contribution is 6.36. The van der Waals surface area contributed by atoms with E-state index in [4.69, 9.17) is 23.2 Å². The number of piperidine rings is 3. The van der Waals surface area contributed by atoms with Crippen LogP contribution >= 0.6 is 23.2 Å². The molecule has 96 valence electrons. The summed E-state index contributed by atoms with van der Waals surface area (Å²) < 4.78 is 0. The number of hydrogen-bond donors (Lipinski definition) is 0. The molecule has 3 heteroatoms. The molecule has 5 fully saturated rings. The van der Waals surface area contributed by atoms with Crippen LogP contribution in [-0.2, 0) is 0 Å². The van der Waals surface area contributed by atoms with E-state index in [-0.39, 0.29) is 16.3 Å². The fourth-order valence-corrected chi connectivity index (χ4v) is 7.92. The van der Waals surface area contributed by atoms with Gasteiger partial charge in [-0.3, -0.25) is 4.90 Å². The third-order valence-corrected chi connectivity index (χ3v) is 7.41. The van der Waals surface area contributed by atoms with Gasteiger partial charge in [0.05, 0.1) is 16.3 Å². The van der Waals surface area contributed by atoms with Crippen LogP contribution in [0.5, 0.6) is 0 Å². The Kier molecular flexibility index (Phi) is 1.80. The Morgan fingerprint density at radius 2 is 1.35 bits per heavy atom. The molecule has 2 saturated carbocycles. The molecular weight excluding hydrogens is 253 g/mol. The molecule has 0 aromatic heterocycles. The molecule has 5 rings (SSSR count). The van der Waals surface area contributed by atoms with E-state index in [0.717, 1.165) is 0 Å². The van der Waals surface area contributed by atoms with Gasteiger partial charge in [-0.05, 0) is 35.5 Å². The van der Waals surface area contributed by atoms with Crippen molar-refractivity contribution in [3.8, 4) is 0 Å². The van der Waals surface area contributed by atoms with Gasteiger partial charge in [-0.25, -0.2) is 0 Å². The first kappa shape index (κ1) is 11.4. The van der Waals surface area contributed by atoms with Crippen LogP contribution in [0.4, 0.5) is 0 Å². The molecule has 17 heavy (non-hydrogen) atoms. The first-order valence-corrected chi connectivity index (χ1v) is 7.65. The maximum atomic E-state index is 6.54. The molecule has 2 aliphatic carbocycles. The number of rotatable bonds is 0. The summed E-state index contributed by atoms with van der Waals surface area (Å²) in [6.07, 6.45) is 4.03. The van der Waals surface area contributed by atoms with Crippen LogP contribution in [0.1, 0.15) is 40.0 Å². The van der Waals surface area contributed by atoms with Crippen LogP contribution in [0.15, 0.2) is 0 Å². The first-order chi connectivity index (χ1) is 7.75. The topological polar surface area (TPSA) is 3.24 Å². The zero-order valence-corrected chi connectivity index (χ0v) is 12.4. The van der Waals surface area contributed by atoms with Crippen LogP contribution in [0, 0.1) is 16.2 Å². The van der Waals surface area contributed by atoms with Gasteiger partial charge in [0, 0.05) is 13.1 Å². The van der Waals surface area contributed by atoms with Gasteiger partial charge < -0.3 is 0 Å². The fraction of sp³-hybridized carbons (Fsp3) is 1.00. The highest BCUT2D eigenvalue weighted by Crippen LogP contribution is 2.75. The second-order valence-corrected chi connectivity index (χ2v) is 9.14. The van der Waals surface area contributed by atoms with Crippen molar-refractivity contribution in [2.24, 2.45) is 16.2 Å². The van der Waals surface area contributed by atoms with Crippen molar-refractivity contribution in [2.45, 2.75) is 56.3 Å². The van der Waals surface area contributed by atoms with Crippen molar-refractivity contribution in [1.29, 1.82) is 0 Å². The molecule has 1 spiro atoms. The van der Waals surface area contributed by atoms with E-state index >= 15 is 0 Å². The third kappa shape index (κ3) is 1.06. The molecule has 0 aromatic rings. The number of alkyl halides is 2. The lowest BCUT2D eigenvalue weighted by Crippen LogP contribution is -2.72. The molecule has 4 bridgehead atoms. The summed E-state index contributed by atoms with van der Waals surface area (Å²) in [5, 5.41) is 0.336. The summed E-state index contributed by atoms with van der Waals surface area (Å²) in [5.74, 6) is 0. The Bertz CT molecular complexity index is 381. The predicted octanol–water partition coefficient (Wildman–Crippen LogP) is 3.49. The molecule has 3 aliphatic heterocycles. The minimum absolute atomic E-state index is 0.121. The Balaban J connectivity index is 1.86. The highest BCUT2D eigenvalue weighted by Gasteiger charge is 2.81. The second kappa shape index (κ2) is 2.69. The van der Waals surface area contributed by atoms with Gasteiger partial charge in [-0.2, -0.15) is 0 Å². The molecular formula is C14H21Cl2N. The van der Waals surface area contributed by atoms with Crippen LogP contribution < -0.4 is 0 Å². The van der Waals surface area contributed by atoms with E-state index in [1.54, 1.807) is 0 Å². The second-order valence-electron chi connectivity index (χ2n) is 8.20. The predicted molar refractivity (Wildman–Crippen MR) is 71.8 cm³/mol. The first-order valence-electron chi connectivity index (χ1n) is 6.78. The van der Waals surface area contributed by atoms with Gasteiger partial charge in [0.25, 0.3) is 0 Å². The molecule has 5 aliphatic rings. The third-order valence-electron chi connectivity index (χ3n) is 6.11. The van der Waals surface area contributed by atoms with Crippen molar-refractivity contribution in [1.82, 2.24) is 4.90 Å². The van der Waals surface area contributed by atoms with Crippen molar-refractivity contribution in [2.75, 3.05) is 13.1 Å². The largest absolute Gasteiger partial charge is 0.293 e. The smallest absolute Gasteiger partial charge is 0.0722 e. The monoisotopic (exact) mass is 273 g/mol. The summed E-state index contributed by atoms with van der Waals surface area (Å²) in [6.45, 7) is 9.81. The maximum absolute atomic E-state index is 6.54. The molecule has 3 heterocycles. The van der Waals surface area contributed by atoms with E-state index in [2.05, 4.69) is 25.7 Å². The summed E-state index contributed by atoms with van der Waals surface area (Å²) in [4.78, 5) is 2.67. The lowest BCUT2D eigenvalue weighted by atomic mass is 9.46. The average molecular weight is 274 g/mol. The number of halogens is 2. The molecule has 0 radical (unpaired) electrons. The Morgan fingerprint density at radius 1 is 0.882 bits per heavy atom. The van der Waals surface area contributed by atoms with Gasteiger partial charge in [0.15, 0.2) is 0 Å². The van der Waals surface area contributed by atoms with Crippen LogP contribution in [0.25, 0.3) is 0 Å². The average Bonchev–Trinajstić information content (AvgIpc) is 2.63. The van der Waals surface area contributed by atoms with Gasteiger partial charge >= 0.3 is 0 Å². The molecule has 1 nitrogen and oxygen atoms in total. The number of nitrogens with zero attached hydrogens (tertiary/aromatic N) is 1. The molecule has 0 aromatic carbocycles. The van der Waals surface area contributed by atoms with Crippen molar-refractivity contribution >= 4 is 23.2 Å². The van der Waals surface area contributed by atoms with Crippen LogP contribution in [-0.4, -0.2) is 34.3 Å². The summed E-state index contributed by atoms with van der Waals surface area (Å²) in [6, 6.07) is 0. The molecule has 0 N–H and O–H groups in total. The normalized spacial score (nSPS) is 72.2. The summed E-state index contributed by atoms with van der Waals surface area (Å²) in [5.41, 5.74) is 1.46. The Morgan fingerprint density at radius 3 is 1.71 bits per heavy atom. The van der Waals surface area contributed by atoms with Crippen LogP contribution in [0.2, 0.25) is 0 Å². The zero-order chi connectivity index (χ0) is 12.3. The zero-order valence-electron chi connectivity index (χ0n) is 10.9. The summed E-state index contributed by atoms with van der Waals surface area (Å²) in [7, 11) is 0. The Hall–Kier alpha value is 0.540. The maximum Gasteiger partial charge on any atom is 0.0722 e. The quantitative estimate of drug-likeness (QED) is 0.611. The Labute approximate surface area is 114 Å². The fourth-order valence-electron chi connectivity index (χ4n) is 6.54. The minimum atomic E-state index is 0.121.